The minimum Gasteiger partial charge on any atom is -0.507 e. The van der Waals surface area contributed by atoms with Crippen LogP contribution in [0.15, 0.2) is 30.9 Å². The summed E-state index contributed by atoms with van der Waals surface area (Å²) in [6.45, 7) is 3.85. The molecule has 5 heteroatoms. The zero-order chi connectivity index (χ0) is 13.4. The fraction of sp³-hybridized carbons (Fsp3) is 0.231. The molecular formula is C13H14O5. The van der Waals surface area contributed by atoms with Crippen LogP contribution in [0.3, 0.4) is 0 Å². The van der Waals surface area contributed by atoms with Crippen LogP contribution < -0.4 is 4.74 Å². The standard InChI is InChI=1S/C13H14O5/c1-2-13(16)18-7-3-6-17-11-4-5-12(15)10(8-11)9-14/h2,4-5,8-9,15H,1,3,6-7H2. The summed E-state index contributed by atoms with van der Waals surface area (Å²) in [4.78, 5) is 21.3. The predicted octanol–water partition coefficient (Wildman–Crippen LogP) is 1.70. The van der Waals surface area contributed by atoms with Gasteiger partial charge in [0.2, 0.25) is 0 Å². The number of aldehydes is 1. The molecule has 0 bridgehead atoms. The molecule has 0 aliphatic heterocycles. The smallest absolute Gasteiger partial charge is 0.330 e. The van der Waals surface area contributed by atoms with Crippen LogP contribution in [-0.4, -0.2) is 30.6 Å². The van der Waals surface area contributed by atoms with Crippen LogP contribution in [0.1, 0.15) is 16.8 Å². The molecule has 0 atom stereocenters. The van der Waals surface area contributed by atoms with Crippen LogP contribution in [0.25, 0.3) is 0 Å². The largest absolute Gasteiger partial charge is 0.507 e. The van der Waals surface area contributed by atoms with Gasteiger partial charge in [-0.05, 0) is 18.2 Å². The van der Waals surface area contributed by atoms with Crippen molar-refractivity contribution in [3.8, 4) is 11.5 Å². The molecule has 1 N–H and O–H groups in total. The Morgan fingerprint density at radius 3 is 2.83 bits per heavy atom. The van der Waals surface area contributed by atoms with Gasteiger partial charge in [0.15, 0.2) is 6.29 Å². The first-order chi connectivity index (χ1) is 8.67. The molecule has 0 aliphatic rings. The van der Waals surface area contributed by atoms with Gasteiger partial charge in [0.25, 0.3) is 0 Å². The van der Waals surface area contributed by atoms with Gasteiger partial charge in [-0.1, -0.05) is 6.58 Å². The van der Waals surface area contributed by atoms with Crippen molar-refractivity contribution in [3.05, 3.63) is 36.4 Å². The van der Waals surface area contributed by atoms with Gasteiger partial charge in [-0.15, -0.1) is 0 Å². The van der Waals surface area contributed by atoms with Crippen LogP contribution in [0, 0.1) is 0 Å². The lowest BCUT2D eigenvalue weighted by Gasteiger charge is -2.07. The highest BCUT2D eigenvalue weighted by Crippen LogP contribution is 2.21. The second-order valence-electron chi connectivity index (χ2n) is 3.41. The summed E-state index contributed by atoms with van der Waals surface area (Å²) in [7, 11) is 0. The molecule has 18 heavy (non-hydrogen) atoms. The molecule has 0 radical (unpaired) electrons. The highest BCUT2D eigenvalue weighted by molar-refractivity contribution is 5.81. The number of ether oxygens (including phenoxy) is 2. The number of phenolic OH excluding ortho intramolecular Hbond substituents is 1. The highest BCUT2D eigenvalue weighted by atomic mass is 16.5. The lowest BCUT2D eigenvalue weighted by molar-refractivity contribution is -0.137. The molecule has 0 fully saturated rings. The zero-order valence-electron chi connectivity index (χ0n) is 9.80. The molecular weight excluding hydrogens is 236 g/mol. The Balaban J connectivity index is 2.33. The van der Waals surface area contributed by atoms with Gasteiger partial charge < -0.3 is 14.6 Å². The summed E-state index contributed by atoms with van der Waals surface area (Å²) >= 11 is 0. The number of esters is 1. The summed E-state index contributed by atoms with van der Waals surface area (Å²) in [6, 6.07) is 4.38. The predicted molar refractivity (Wildman–Crippen MR) is 64.8 cm³/mol. The minimum atomic E-state index is -0.470. The Morgan fingerprint density at radius 1 is 1.39 bits per heavy atom. The Kier molecular flexibility index (Phi) is 5.44. The number of aromatic hydroxyl groups is 1. The molecule has 0 aromatic heterocycles. The summed E-state index contributed by atoms with van der Waals surface area (Å²) in [5, 5.41) is 9.28. The van der Waals surface area contributed by atoms with Crippen molar-refractivity contribution in [1.82, 2.24) is 0 Å². The number of carbonyl (C=O) groups excluding carboxylic acids is 2. The molecule has 0 aliphatic carbocycles. The van der Waals surface area contributed by atoms with E-state index in [1.54, 1.807) is 6.07 Å². The van der Waals surface area contributed by atoms with Crippen LogP contribution in [-0.2, 0) is 9.53 Å². The SMILES string of the molecule is C=CC(=O)OCCCOc1ccc(O)c(C=O)c1. The van der Waals surface area contributed by atoms with E-state index < -0.39 is 5.97 Å². The van der Waals surface area contributed by atoms with Gasteiger partial charge >= 0.3 is 5.97 Å². The maximum absolute atomic E-state index is 10.7. The van der Waals surface area contributed by atoms with Gasteiger partial charge in [-0.25, -0.2) is 4.79 Å². The molecule has 0 spiro atoms. The molecule has 0 amide bonds. The highest BCUT2D eigenvalue weighted by Gasteiger charge is 2.02. The number of benzene rings is 1. The monoisotopic (exact) mass is 250 g/mol. The van der Waals surface area contributed by atoms with Crippen molar-refractivity contribution in [2.75, 3.05) is 13.2 Å². The molecule has 0 unspecified atom stereocenters. The van der Waals surface area contributed by atoms with Crippen LogP contribution in [0.5, 0.6) is 11.5 Å². The van der Waals surface area contributed by atoms with Crippen molar-refractivity contribution >= 4 is 12.3 Å². The average Bonchev–Trinajstić information content (AvgIpc) is 2.39. The summed E-state index contributed by atoms with van der Waals surface area (Å²) < 4.78 is 10.1. The number of carbonyl (C=O) groups is 2. The van der Waals surface area contributed by atoms with Crippen molar-refractivity contribution < 1.29 is 24.2 Å². The number of hydrogen-bond donors (Lipinski definition) is 1. The zero-order valence-corrected chi connectivity index (χ0v) is 9.80. The average molecular weight is 250 g/mol. The van der Waals surface area contributed by atoms with E-state index in [0.717, 1.165) is 6.08 Å². The second kappa shape index (κ2) is 7.11. The van der Waals surface area contributed by atoms with Gasteiger partial charge in [-0.3, -0.25) is 4.79 Å². The van der Waals surface area contributed by atoms with E-state index in [2.05, 4.69) is 6.58 Å². The van der Waals surface area contributed by atoms with Gasteiger partial charge in [-0.2, -0.15) is 0 Å². The fourth-order valence-electron chi connectivity index (χ4n) is 1.20. The fourth-order valence-corrected chi connectivity index (χ4v) is 1.20. The van der Waals surface area contributed by atoms with E-state index in [-0.39, 0.29) is 17.9 Å². The molecule has 0 saturated heterocycles. The topological polar surface area (TPSA) is 72.8 Å². The van der Waals surface area contributed by atoms with Gasteiger partial charge in [0.05, 0.1) is 18.8 Å². The van der Waals surface area contributed by atoms with Crippen LogP contribution >= 0.6 is 0 Å². The summed E-state index contributed by atoms with van der Waals surface area (Å²) in [6.07, 6.45) is 2.17. The van der Waals surface area contributed by atoms with Crippen LogP contribution in [0.2, 0.25) is 0 Å². The number of hydrogen-bond acceptors (Lipinski definition) is 5. The number of phenols is 1. The van der Waals surface area contributed by atoms with Gasteiger partial charge in [0.1, 0.15) is 11.5 Å². The first-order valence-corrected chi connectivity index (χ1v) is 5.37. The van der Waals surface area contributed by atoms with E-state index in [1.165, 1.54) is 12.1 Å². The van der Waals surface area contributed by atoms with Gasteiger partial charge in [0, 0.05) is 12.5 Å². The quantitative estimate of drug-likeness (QED) is 0.345. The molecule has 96 valence electrons. The molecule has 1 aromatic rings. The minimum absolute atomic E-state index is 0.0859. The van der Waals surface area contributed by atoms with Crippen molar-refractivity contribution in [3.63, 3.8) is 0 Å². The first kappa shape index (κ1) is 13.8. The molecule has 1 rings (SSSR count). The Bertz CT molecular complexity index is 439. The molecule has 0 heterocycles. The molecule has 0 saturated carbocycles. The van der Waals surface area contributed by atoms with E-state index in [0.29, 0.717) is 25.1 Å². The normalized spacial score (nSPS) is 9.56. The third kappa shape index (κ3) is 4.29. The first-order valence-electron chi connectivity index (χ1n) is 5.37. The Labute approximate surface area is 105 Å². The maximum Gasteiger partial charge on any atom is 0.330 e. The van der Waals surface area contributed by atoms with E-state index >= 15 is 0 Å². The Morgan fingerprint density at radius 2 is 2.17 bits per heavy atom. The third-order valence-corrected chi connectivity index (χ3v) is 2.09. The molecule has 1 aromatic carbocycles. The van der Waals surface area contributed by atoms with Crippen molar-refractivity contribution in [2.24, 2.45) is 0 Å². The Hall–Kier alpha value is -2.30. The summed E-state index contributed by atoms with van der Waals surface area (Å²) in [5.41, 5.74) is 0.172. The van der Waals surface area contributed by atoms with Crippen LogP contribution in [0.4, 0.5) is 0 Å². The summed E-state index contributed by atoms with van der Waals surface area (Å²) in [5.74, 6) is -0.0786. The van der Waals surface area contributed by atoms with E-state index in [4.69, 9.17) is 9.47 Å². The van der Waals surface area contributed by atoms with E-state index in [9.17, 15) is 14.7 Å². The molecule has 5 nitrogen and oxygen atoms in total. The van der Waals surface area contributed by atoms with E-state index in [1.807, 2.05) is 0 Å². The number of rotatable bonds is 7. The maximum atomic E-state index is 10.7. The third-order valence-electron chi connectivity index (χ3n) is 2.09. The lowest BCUT2D eigenvalue weighted by Crippen LogP contribution is -2.06. The lowest BCUT2D eigenvalue weighted by atomic mass is 10.2. The van der Waals surface area contributed by atoms with Crippen molar-refractivity contribution in [2.45, 2.75) is 6.42 Å². The van der Waals surface area contributed by atoms with Crippen molar-refractivity contribution in [1.29, 1.82) is 0 Å². The second-order valence-corrected chi connectivity index (χ2v) is 3.41.